The number of hydrogen-bond donors (Lipinski definition) is 2. The van der Waals surface area contributed by atoms with Gasteiger partial charge in [-0.25, -0.2) is 4.79 Å². The third kappa shape index (κ3) is 3.52. The molecule has 2 heterocycles. The number of ether oxygens (including phenoxy) is 1. The van der Waals surface area contributed by atoms with Crippen LogP contribution in [0.15, 0.2) is 48.7 Å². The molecule has 4 rings (SSSR count). The molecule has 1 saturated carbocycles. The summed E-state index contributed by atoms with van der Waals surface area (Å²) in [7, 11) is 1.91. The molecule has 0 amide bonds. The number of aliphatic hydroxyl groups is 1. The first-order valence-electron chi connectivity index (χ1n) is 10.7. The van der Waals surface area contributed by atoms with E-state index < -0.39 is 11.6 Å². The van der Waals surface area contributed by atoms with Gasteiger partial charge in [0.15, 0.2) is 5.60 Å². The summed E-state index contributed by atoms with van der Waals surface area (Å²) in [5.41, 5.74) is 2.71. The molecule has 6 atom stereocenters. The molecule has 0 spiro atoms. The Morgan fingerprint density at radius 1 is 1.20 bits per heavy atom. The molecule has 0 bridgehead atoms. The number of anilines is 1. The lowest BCUT2D eigenvalue weighted by molar-refractivity contribution is -0.160. The van der Waals surface area contributed by atoms with Crippen LogP contribution in [0.2, 0.25) is 0 Å². The summed E-state index contributed by atoms with van der Waals surface area (Å²) in [6.07, 6.45) is 6.16. The van der Waals surface area contributed by atoms with Crippen molar-refractivity contribution in [2.24, 2.45) is 23.7 Å². The number of fused-ring (bicyclic) bond motifs is 1. The Hall–Kier alpha value is -2.66. The highest BCUT2D eigenvalue weighted by Crippen LogP contribution is 2.51. The minimum absolute atomic E-state index is 0.0500. The minimum atomic E-state index is -1.38. The van der Waals surface area contributed by atoms with E-state index in [-0.39, 0.29) is 23.9 Å². The lowest BCUT2D eigenvalue weighted by atomic mass is 9.60. The second kappa shape index (κ2) is 7.88. The Morgan fingerprint density at radius 3 is 2.70 bits per heavy atom. The van der Waals surface area contributed by atoms with Gasteiger partial charge >= 0.3 is 5.97 Å². The zero-order valence-corrected chi connectivity index (χ0v) is 18.0. The summed E-state index contributed by atoms with van der Waals surface area (Å²) in [5, 5.41) is 14.2. The molecule has 0 radical (unpaired) electrons. The second-order valence-electron chi connectivity index (χ2n) is 8.84. The monoisotopic (exact) mass is 406 g/mol. The van der Waals surface area contributed by atoms with Gasteiger partial charge in [-0.1, -0.05) is 38.1 Å². The maximum atomic E-state index is 12.3. The van der Waals surface area contributed by atoms with E-state index in [1.165, 1.54) is 0 Å². The number of carbonyl (C=O) groups excluding carboxylic acids is 1. The van der Waals surface area contributed by atoms with Crippen LogP contribution < -0.4 is 5.32 Å². The molecule has 2 aromatic rings. The van der Waals surface area contributed by atoms with Crippen LogP contribution in [0.1, 0.15) is 32.9 Å². The number of allylic oxidation sites excluding steroid dienone is 1. The van der Waals surface area contributed by atoms with Gasteiger partial charge in [-0.2, -0.15) is 0 Å². The molecule has 1 aromatic carbocycles. The minimum Gasteiger partial charge on any atom is -0.460 e. The van der Waals surface area contributed by atoms with Gasteiger partial charge in [0.2, 0.25) is 0 Å². The van der Waals surface area contributed by atoms with E-state index in [9.17, 15) is 9.90 Å². The van der Waals surface area contributed by atoms with Gasteiger partial charge in [0.05, 0.1) is 5.69 Å². The van der Waals surface area contributed by atoms with Gasteiger partial charge < -0.3 is 15.2 Å². The number of nitrogens with one attached hydrogen (secondary N) is 1. The van der Waals surface area contributed by atoms with Crippen LogP contribution in [0, 0.1) is 23.7 Å². The third-order valence-electron chi connectivity index (χ3n) is 7.02. The first kappa shape index (κ1) is 20.6. The van der Waals surface area contributed by atoms with Crippen molar-refractivity contribution in [1.82, 2.24) is 4.98 Å². The zero-order valence-electron chi connectivity index (χ0n) is 18.0. The van der Waals surface area contributed by atoms with E-state index in [0.717, 1.165) is 22.5 Å². The second-order valence-corrected chi connectivity index (χ2v) is 8.84. The molecule has 2 fully saturated rings. The van der Waals surface area contributed by atoms with Crippen LogP contribution in [-0.2, 0) is 9.53 Å². The third-order valence-corrected chi connectivity index (χ3v) is 7.02. The highest BCUT2D eigenvalue weighted by molar-refractivity contribution is 5.82. The summed E-state index contributed by atoms with van der Waals surface area (Å²) < 4.78 is 5.43. The summed E-state index contributed by atoms with van der Waals surface area (Å²) >= 11 is 0. The van der Waals surface area contributed by atoms with E-state index in [2.05, 4.69) is 48.4 Å². The van der Waals surface area contributed by atoms with Crippen molar-refractivity contribution in [3.63, 3.8) is 0 Å². The fourth-order valence-electron chi connectivity index (χ4n) is 5.14. The van der Waals surface area contributed by atoms with Gasteiger partial charge in [0, 0.05) is 30.4 Å². The van der Waals surface area contributed by atoms with E-state index in [4.69, 9.17) is 4.74 Å². The molecular weight excluding hydrogens is 376 g/mol. The molecular formula is C25H30N2O3. The molecule has 5 heteroatoms. The molecule has 2 N–H and O–H groups in total. The molecule has 1 aliphatic heterocycles. The topological polar surface area (TPSA) is 71.5 Å². The number of carbonyl (C=O) groups is 1. The Balaban J connectivity index is 1.57. The predicted molar refractivity (Wildman–Crippen MR) is 119 cm³/mol. The maximum Gasteiger partial charge on any atom is 0.338 e. The van der Waals surface area contributed by atoms with Gasteiger partial charge in [0.1, 0.15) is 6.10 Å². The van der Waals surface area contributed by atoms with Gasteiger partial charge in [-0.15, -0.1) is 0 Å². The lowest BCUT2D eigenvalue weighted by Crippen LogP contribution is -2.52. The Bertz CT molecular complexity index is 955. The molecule has 1 aliphatic carbocycles. The van der Waals surface area contributed by atoms with Crippen molar-refractivity contribution in [3.8, 4) is 11.1 Å². The first-order chi connectivity index (χ1) is 14.3. The smallest absolute Gasteiger partial charge is 0.338 e. The van der Waals surface area contributed by atoms with Crippen LogP contribution in [0.5, 0.6) is 0 Å². The van der Waals surface area contributed by atoms with Crippen molar-refractivity contribution in [1.29, 1.82) is 0 Å². The molecule has 30 heavy (non-hydrogen) atoms. The van der Waals surface area contributed by atoms with Crippen molar-refractivity contribution >= 4 is 17.7 Å². The average molecular weight is 407 g/mol. The number of aromatic nitrogens is 1. The number of nitrogens with zero attached hydrogens (tertiary/aromatic N) is 1. The number of rotatable bonds is 4. The number of pyridine rings is 1. The number of esters is 1. The highest BCUT2D eigenvalue weighted by Gasteiger charge is 2.61. The molecule has 2 aliphatic rings. The van der Waals surface area contributed by atoms with E-state index in [1.54, 1.807) is 0 Å². The normalized spacial score (nSPS) is 33.4. The number of benzene rings is 1. The van der Waals surface area contributed by atoms with Gasteiger partial charge in [-0.3, -0.25) is 4.98 Å². The zero-order chi connectivity index (χ0) is 21.5. The summed E-state index contributed by atoms with van der Waals surface area (Å²) in [5.74, 6) is -0.0750. The Morgan fingerprint density at radius 2 is 2.00 bits per heavy atom. The standard InChI is InChI=1S/C25H30N2O3/c1-15-13-25(29)23(17(3)30-24(25)28)22(16(15)2)11-10-20-9-8-19(14-27-20)18-6-5-7-21(12-18)26-4/h5-12,14-17,22-23,26,29H,13H2,1-4H3/b11-10+/t15-,16?,17+,22-,23-,25-/m0/s1. The first-order valence-corrected chi connectivity index (χ1v) is 10.7. The maximum absolute atomic E-state index is 12.3. The van der Waals surface area contributed by atoms with E-state index in [0.29, 0.717) is 12.3 Å². The SMILES string of the molecule is CNc1cccc(-c2ccc(/C=C/[C@H]3C(C)[C@@H](C)C[C@@]4(O)C(=O)O[C@H](C)[C@@H]34)nc2)c1. The molecule has 158 valence electrons. The number of cyclic esters (lactones) is 1. The van der Waals surface area contributed by atoms with E-state index in [1.807, 2.05) is 44.4 Å². The summed E-state index contributed by atoms with van der Waals surface area (Å²) in [6, 6.07) is 12.3. The van der Waals surface area contributed by atoms with Crippen LogP contribution in [0.25, 0.3) is 17.2 Å². The molecule has 1 saturated heterocycles. The van der Waals surface area contributed by atoms with Crippen molar-refractivity contribution < 1.29 is 14.6 Å². The fraction of sp³-hybridized carbons (Fsp3) is 0.440. The summed E-state index contributed by atoms with van der Waals surface area (Å²) in [6.45, 7) is 6.18. The molecule has 5 nitrogen and oxygen atoms in total. The lowest BCUT2D eigenvalue weighted by Gasteiger charge is -2.44. The van der Waals surface area contributed by atoms with Crippen LogP contribution >= 0.6 is 0 Å². The largest absolute Gasteiger partial charge is 0.460 e. The van der Waals surface area contributed by atoms with Crippen LogP contribution in [0.3, 0.4) is 0 Å². The number of hydrogen-bond acceptors (Lipinski definition) is 5. The van der Waals surface area contributed by atoms with Crippen molar-refractivity contribution in [2.45, 2.75) is 38.9 Å². The van der Waals surface area contributed by atoms with Crippen molar-refractivity contribution in [3.05, 3.63) is 54.4 Å². The van der Waals surface area contributed by atoms with Crippen molar-refractivity contribution in [2.75, 3.05) is 12.4 Å². The predicted octanol–water partition coefficient (Wildman–Crippen LogP) is 4.39. The van der Waals surface area contributed by atoms with Gasteiger partial charge in [-0.05, 0) is 60.9 Å². The van der Waals surface area contributed by atoms with Crippen LogP contribution in [0.4, 0.5) is 5.69 Å². The molecule has 1 unspecified atom stereocenters. The quantitative estimate of drug-likeness (QED) is 0.737. The van der Waals surface area contributed by atoms with Gasteiger partial charge in [0.25, 0.3) is 0 Å². The molecule has 1 aromatic heterocycles. The van der Waals surface area contributed by atoms with Crippen LogP contribution in [-0.4, -0.2) is 34.8 Å². The summed E-state index contributed by atoms with van der Waals surface area (Å²) in [4.78, 5) is 16.9. The fourth-order valence-corrected chi connectivity index (χ4v) is 5.14. The highest BCUT2D eigenvalue weighted by atomic mass is 16.6. The average Bonchev–Trinajstić information content (AvgIpc) is 2.97. The Labute approximate surface area is 178 Å². The van der Waals surface area contributed by atoms with E-state index >= 15 is 0 Å². The Kier molecular flexibility index (Phi) is 5.41.